The molecule has 0 atom stereocenters. The number of hydrazine groups is 1. The van der Waals surface area contributed by atoms with Crippen LogP contribution in [-0.2, 0) is 20.9 Å². The molecular weight excluding hydrogens is 384 g/mol. The summed E-state index contributed by atoms with van der Waals surface area (Å²) in [6, 6.07) is 9.95. The van der Waals surface area contributed by atoms with Gasteiger partial charge in [-0.25, -0.2) is 0 Å². The molecule has 2 aromatic rings. The predicted molar refractivity (Wildman–Crippen MR) is 102 cm³/mol. The number of nitrogens with zero attached hydrogens (tertiary/aromatic N) is 1. The molecule has 0 saturated heterocycles. The number of amides is 4. The van der Waals surface area contributed by atoms with Crippen LogP contribution in [0, 0.1) is 0 Å². The second-order valence-electron chi connectivity index (χ2n) is 5.74. The van der Waals surface area contributed by atoms with Gasteiger partial charge in [0.25, 0.3) is 5.91 Å². The lowest BCUT2D eigenvalue weighted by molar-refractivity contribution is -0.139. The molecular formula is C18H20N4O5S. The smallest absolute Gasteiger partial charge is 0.327 e. The Balaban J connectivity index is 1.87. The van der Waals surface area contributed by atoms with E-state index >= 15 is 0 Å². The van der Waals surface area contributed by atoms with Gasteiger partial charge in [0.2, 0.25) is 5.91 Å². The normalized spacial score (nSPS) is 10.1. The Labute approximate surface area is 165 Å². The minimum absolute atomic E-state index is 0.0482. The molecule has 0 saturated carbocycles. The third-order valence-electron chi connectivity index (χ3n) is 3.48. The Morgan fingerprint density at radius 3 is 2.43 bits per heavy atom. The van der Waals surface area contributed by atoms with Gasteiger partial charge in [-0.1, -0.05) is 12.1 Å². The van der Waals surface area contributed by atoms with E-state index in [0.29, 0.717) is 10.7 Å². The fourth-order valence-electron chi connectivity index (χ4n) is 1.95. The molecule has 28 heavy (non-hydrogen) atoms. The van der Waals surface area contributed by atoms with Crippen LogP contribution in [-0.4, -0.2) is 48.4 Å². The maximum Gasteiger partial charge on any atom is 0.327 e. The minimum atomic E-state index is -1.02. The highest BCUT2D eigenvalue weighted by molar-refractivity contribution is 8.00. The quantitative estimate of drug-likeness (QED) is 0.367. The van der Waals surface area contributed by atoms with Crippen molar-refractivity contribution < 1.29 is 23.6 Å². The van der Waals surface area contributed by atoms with E-state index in [1.54, 1.807) is 50.5 Å². The average Bonchev–Trinajstić information content (AvgIpc) is 3.21. The van der Waals surface area contributed by atoms with Crippen LogP contribution >= 0.6 is 11.8 Å². The summed E-state index contributed by atoms with van der Waals surface area (Å²) in [5.74, 6) is -1.99. The van der Waals surface area contributed by atoms with Gasteiger partial charge < -0.3 is 14.6 Å². The topological polar surface area (TPSA) is 121 Å². The van der Waals surface area contributed by atoms with Gasteiger partial charge in [-0.05, 0) is 24.3 Å². The molecule has 0 spiro atoms. The molecule has 2 rings (SSSR count). The van der Waals surface area contributed by atoms with Crippen molar-refractivity contribution in [1.82, 2.24) is 21.1 Å². The number of nitrogens with one attached hydrogen (secondary N) is 3. The number of benzene rings is 1. The summed E-state index contributed by atoms with van der Waals surface area (Å²) in [6.45, 7) is 0.0482. The highest BCUT2D eigenvalue weighted by Gasteiger charge is 2.17. The summed E-state index contributed by atoms with van der Waals surface area (Å²) in [7, 11) is 3.29. The number of hydrogen-bond acceptors (Lipinski definition) is 6. The lowest BCUT2D eigenvalue weighted by Gasteiger charge is -2.12. The van der Waals surface area contributed by atoms with Crippen molar-refractivity contribution in [2.24, 2.45) is 0 Å². The summed E-state index contributed by atoms with van der Waals surface area (Å²) in [5.41, 5.74) is 4.52. The molecule has 0 radical (unpaired) electrons. The second-order valence-corrected chi connectivity index (χ2v) is 6.76. The first-order valence-corrected chi connectivity index (χ1v) is 9.20. The molecule has 0 aliphatic carbocycles. The first-order valence-electron chi connectivity index (χ1n) is 8.21. The Morgan fingerprint density at radius 1 is 1.00 bits per heavy atom. The summed E-state index contributed by atoms with van der Waals surface area (Å²) in [6.07, 6.45) is 1.45. The number of furan rings is 1. The first-order chi connectivity index (χ1) is 13.4. The molecule has 0 bridgehead atoms. The van der Waals surface area contributed by atoms with Gasteiger partial charge in [-0.2, -0.15) is 0 Å². The maximum absolute atomic E-state index is 12.3. The van der Waals surface area contributed by atoms with Crippen LogP contribution in [0.25, 0.3) is 0 Å². The zero-order valence-electron chi connectivity index (χ0n) is 15.4. The molecule has 0 fully saturated rings. The van der Waals surface area contributed by atoms with Gasteiger partial charge in [-0.3, -0.25) is 30.0 Å². The third kappa shape index (κ3) is 6.16. The lowest BCUT2D eigenvalue weighted by Crippen LogP contribution is -2.48. The van der Waals surface area contributed by atoms with Crippen molar-refractivity contribution in [3.8, 4) is 0 Å². The van der Waals surface area contributed by atoms with Crippen molar-refractivity contribution in [1.29, 1.82) is 0 Å². The van der Waals surface area contributed by atoms with Crippen molar-refractivity contribution in [3.05, 3.63) is 54.0 Å². The van der Waals surface area contributed by atoms with E-state index < -0.39 is 17.7 Å². The first kappa shape index (κ1) is 21.0. The van der Waals surface area contributed by atoms with Gasteiger partial charge in [0.15, 0.2) is 0 Å². The molecule has 9 nitrogen and oxygen atoms in total. The zero-order valence-corrected chi connectivity index (χ0v) is 16.2. The molecule has 1 aromatic heterocycles. The highest BCUT2D eigenvalue weighted by atomic mass is 32.2. The Morgan fingerprint density at radius 2 is 1.75 bits per heavy atom. The largest absolute Gasteiger partial charge is 0.467 e. The Hall–Kier alpha value is -3.27. The van der Waals surface area contributed by atoms with Crippen LogP contribution in [0.2, 0.25) is 0 Å². The second kappa shape index (κ2) is 10.2. The number of rotatable bonds is 6. The molecule has 3 N–H and O–H groups in total. The van der Waals surface area contributed by atoms with Gasteiger partial charge in [0.05, 0.1) is 24.1 Å². The standard InChI is InChI=1S/C18H20N4O5S/c1-22(2)15(23)11-28-14-8-4-3-7-13(14)16(24)20-21-18(26)17(25)19-10-12-6-5-9-27-12/h3-9H,10-11H2,1-2H3,(H,19,25)(H,20,24)(H,21,26). The van der Waals surface area contributed by atoms with E-state index in [-0.39, 0.29) is 23.8 Å². The summed E-state index contributed by atoms with van der Waals surface area (Å²) < 4.78 is 5.04. The molecule has 4 amide bonds. The van der Waals surface area contributed by atoms with E-state index in [2.05, 4.69) is 16.2 Å². The monoisotopic (exact) mass is 404 g/mol. The molecule has 1 heterocycles. The van der Waals surface area contributed by atoms with Crippen LogP contribution in [0.4, 0.5) is 0 Å². The summed E-state index contributed by atoms with van der Waals surface area (Å²) >= 11 is 1.20. The lowest BCUT2D eigenvalue weighted by atomic mass is 10.2. The maximum atomic E-state index is 12.3. The van der Waals surface area contributed by atoms with Gasteiger partial charge in [0, 0.05) is 19.0 Å². The van der Waals surface area contributed by atoms with Crippen molar-refractivity contribution in [2.45, 2.75) is 11.4 Å². The van der Waals surface area contributed by atoms with E-state index in [1.807, 2.05) is 0 Å². The van der Waals surface area contributed by atoms with Crippen LogP contribution in [0.5, 0.6) is 0 Å². The molecule has 1 aromatic carbocycles. The highest BCUT2D eigenvalue weighted by Crippen LogP contribution is 2.22. The average molecular weight is 404 g/mol. The molecule has 148 valence electrons. The van der Waals surface area contributed by atoms with E-state index in [4.69, 9.17) is 4.42 Å². The summed E-state index contributed by atoms with van der Waals surface area (Å²) in [4.78, 5) is 49.6. The van der Waals surface area contributed by atoms with Crippen LogP contribution in [0.15, 0.2) is 52.0 Å². The fourth-order valence-corrected chi connectivity index (χ4v) is 2.98. The Kier molecular flexibility index (Phi) is 7.64. The number of thioether (sulfide) groups is 1. The van der Waals surface area contributed by atoms with Crippen LogP contribution < -0.4 is 16.2 Å². The van der Waals surface area contributed by atoms with Crippen LogP contribution in [0.1, 0.15) is 16.1 Å². The van der Waals surface area contributed by atoms with Crippen LogP contribution in [0.3, 0.4) is 0 Å². The minimum Gasteiger partial charge on any atom is -0.467 e. The predicted octanol–water partition coefficient (Wildman–Crippen LogP) is 0.537. The number of hydrogen-bond donors (Lipinski definition) is 3. The van der Waals surface area contributed by atoms with E-state index in [0.717, 1.165) is 0 Å². The zero-order chi connectivity index (χ0) is 20.5. The Bertz CT molecular complexity index is 851. The molecule has 0 aliphatic heterocycles. The fraction of sp³-hybridized carbons (Fsp3) is 0.222. The molecule has 0 aliphatic rings. The summed E-state index contributed by atoms with van der Waals surface area (Å²) in [5, 5.41) is 2.36. The molecule has 0 unspecified atom stereocenters. The van der Waals surface area contributed by atoms with E-state index in [1.165, 1.54) is 22.9 Å². The number of carbonyl (C=O) groups is 4. The van der Waals surface area contributed by atoms with E-state index in [9.17, 15) is 19.2 Å². The van der Waals surface area contributed by atoms with Gasteiger partial charge in [0.1, 0.15) is 5.76 Å². The third-order valence-corrected chi connectivity index (χ3v) is 4.54. The SMILES string of the molecule is CN(C)C(=O)CSc1ccccc1C(=O)NNC(=O)C(=O)NCc1ccco1. The van der Waals surface area contributed by atoms with Crippen molar-refractivity contribution >= 4 is 35.4 Å². The van der Waals surface area contributed by atoms with Crippen molar-refractivity contribution in [2.75, 3.05) is 19.8 Å². The van der Waals surface area contributed by atoms with Gasteiger partial charge >= 0.3 is 11.8 Å². The van der Waals surface area contributed by atoms with Gasteiger partial charge in [-0.15, -0.1) is 11.8 Å². The molecule has 10 heteroatoms. The van der Waals surface area contributed by atoms with Crippen molar-refractivity contribution in [3.63, 3.8) is 0 Å². The number of carbonyl (C=O) groups excluding carboxylic acids is 4.